The monoisotopic (exact) mass is 533 g/mol. The van der Waals surface area contributed by atoms with Gasteiger partial charge in [0, 0.05) is 36.4 Å². The van der Waals surface area contributed by atoms with Gasteiger partial charge in [-0.25, -0.2) is 0 Å². The SMILES string of the molecule is C=C(N)c1cccc(CC(CO)C(Cc2ccccc2)NC(=O)c2ccc(-c3cccc(CN(C)C)c3)cc2)c1. The number of amides is 1. The maximum atomic E-state index is 13.5. The van der Waals surface area contributed by atoms with Crippen molar-refractivity contribution < 1.29 is 9.90 Å². The van der Waals surface area contributed by atoms with E-state index >= 15 is 0 Å². The van der Waals surface area contributed by atoms with Crippen molar-refractivity contribution >= 4 is 11.6 Å². The van der Waals surface area contributed by atoms with E-state index in [1.165, 1.54) is 5.56 Å². The van der Waals surface area contributed by atoms with Crippen LogP contribution < -0.4 is 11.1 Å². The summed E-state index contributed by atoms with van der Waals surface area (Å²) in [7, 11) is 4.11. The fourth-order valence-corrected chi connectivity index (χ4v) is 5.02. The van der Waals surface area contributed by atoms with Gasteiger partial charge in [0.05, 0.1) is 0 Å². The lowest BCUT2D eigenvalue weighted by atomic mass is 9.88. The smallest absolute Gasteiger partial charge is 0.251 e. The molecule has 0 aliphatic rings. The van der Waals surface area contributed by atoms with Gasteiger partial charge in [0.2, 0.25) is 0 Å². The fraction of sp³-hybridized carbons (Fsp3) is 0.229. The Morgan fingerprint density at radius 2 is 1.48 bits per heavy atom. The molecule has 206 valence electrons. The topological polar surface area (TPSA) is 78.6 Å². The number of carbonyl (C=O) groups is 1. The normalized spacial score (nSPS) is 12.6. The zero-order valence-corrected chi connectivity index (χ0v) is 23.4. The van der Waals surface area contributed by atoms with Gasteiger partial charge >= 0.3 is 0 Å². The lowest BCUT2D eigenvalue weighted by Gasteiger charge is -2.27. The number of aliphatic hydroxyl groups excluding tert-OH is 1. The minimum absolute atomic E-state index is 0.0617. The largest absolute Gasteiger partial charge is 0.399 e. The first-order valence-electron chi connectivity index (χ1n) is 13.7. The molecule has 0 saturated heterocycles. The molecule has 4 rings (SSSR count). The van der Waals surface area contributed by atoms with Crippen molar-refractivity contribution in [2.45, 2.75) is 25.4 Å². The molecule has 1 amide bonds. The van der Waals surface area contributed by atoms with Gasteiger partial charge in [-0.1, -0.05) is 85.4 Å². The first-order chi connectivity index (χ1) is 19.3. The Bertz CT molecular complexity index is 1410. The summed E-state index contributed by atoms with van der Waals surface area (Å²) in [6, 6.07) is 33.8. The Hall–Kier alpha value is -4.19. The first-order valence-corrected chi connectivity index (χ1v) is 13.7. The number of hydrogen-bond acceptors (Lipinski definition) is 4. The number of rotatable bonds is 12. The van der Waals surface area contributed by atoms with Crippen LogP contribution in [0.3, 0.4) is 0 Å². The van der Waals surface area contributed by atoms with Crippen molar-refractivity contribution in [1.29, 1.82) is 0 Å². The van der Waals surface area contributed by atoms with Gasteiger partial charge in [-0.3, -0.25) is 4.79 Å². The van der Waals surface area contributed by atoms with E-state index in [9.17, 15) is 9.90 Å². The summed E-state index contributed by atoms with van der Waals surface area (Å²) in [4.78, 5) is 15.6. The molecule has 4 N–H and O–H groups in total. The standard InChI is InChI=1S/C35H39N3O2/c1-25(36)31-13-7-11-27(19-31)20-33(24-39)34(22-26-9-5-4-6-10-26)37-35(40)30-17-15-29(16-18-30)32-14-8-12-28(21-32)23-38(2)3/h4-19,21,33-34,39H,1,20,22-24,36H2,2-3H3,(H,37,40). The van der Waals surface area contributed by atoms with Crippen molar-refractivity contribution in [3.8, 4) is 11.1 Å². The van der Waals surface area contributed by atoms with Crippen LogP contribution in [0.15, 0.2) is 110 Å². The van der Waals surface area contributed by atoms with E-state index < -0.39 is 0 Å². The van der Waals surface area contributed by atoms with E-state index in [0.29, 0.717) is 24.1 Å². The average Bonchev–Trinajstić information content (AvgIpc) is 2.96. The second kappa shape index (κ2) is 13.7. The minimum atomic E-state index is -0.271. The Labute approximate surface area is 238 Å². The zero-order chi connectivity index (χ0) is 28.5. The van der Waals surface area contributed by atoms with Crippen LogP contribution in [-0.2, 0) is 19.4 Å². The molecule has 2 atom stereocenters. The highest BCUT2D eigenvalue weighted by Gasteiger charge is 2.24. The third-order valence-corrected chi connectivity index (χ3v) is 7.12. The lowest BCUT2D eigenvalue weighted by Crippen LogP contribution is -2.44. The van der Waals surface area contributed by atoms with Crippen LogP contribution >= 0.6 is 0 Å². The predicted molar refractivity (Wildman–Crippen MR) is 165 cm³/mol. The summed E-state index contributed by atoms with van der Waals surface area (Å²) in [5, 5.41) is 13.7. The molecule has 0 bridgehead atoms. The van der Waals surface area contributed by atoms with Crippen molar-refractivity contribution in [2.75, 3.05) is 20.7 Å². The summed E-state index contributed by atoms with van der Waals surface area (Å²) in [6.45, 7) is 4.65. The number of hydrogen-bond donors (Lipinski definition) is 3. The zero-order valence-electron chi connectivity index (χ0n) is 23.4. The molecule has 0 saturated carbocycles. The summed E-state index contributed by atoms with van der Waals surface area (Å²) in [5.41, 5.74) is 13.4. The Morgan fingerprint density at radius 3 is 2.15 bits per heavy atom. The molecule has 0 aliphatic carbocycles. The van der Waals surface area contributed by atoms with Gasteiger partial charge in [0.25, 0.3) is 5.91 Å². The van der Waals surface area contributed by atoms with Gasteiger partial charge < -0.3 is 21.1 Å². The Kier molecular flexibility index (Phi) is 9.90. The number of benzene rings is 4. The highest BCUT2D eigenvalue weighted by atomic mass is 16.3. The molecule has 5 heteroatoms. The van der Waals surface area contributed by atoms with E-state index in [0.717, 1.165) is 34.4 Å². The van der Waals surface area contributed by atoms with Crippen LogP contribution in [0.1, 0.15) is 32.6 Å². The number of nitrogens with one attached hydrogen (secondary N) is 1. The number of carbonyl (C=O) groups excluding carboxylic acids is 1. The van der Waals surface area contributed by atoms with Crippen LogP contribution in [-0.4, -0.2) is 42.7 Å². The summed E-state index contributed by atoms with van der Waals surface area (Å²) in [6.07, 6.45) is 1.20. The molecule has 0 aromatic heterocycles. The number of nitrogens with two attached hydrogens (primary N) is 1. The first kappa shape index (κ1) is 28.8. The maximum absolute atomic E-state index is 13.5. The van der Waals surface area contributed by atoms with Crippen molar-refractivity contribution in [3.05, 3.63) is 138 Å². The van der Waals surface area contributed by atoms with Crippen LogP contribution in [0.2, 0.25) is 0 Å². The van der Waals surface area contributed by atoms with E-state index in [1.54, 1.807) is 0 Å². The minimum Gasteiger partial charge on any atom is -0.399 e. The summed E-state index contributed by atoms with van der Waals surface area (Å²) >= 11 is 0. The second-order valence-corrected chi connectivity index (χ2v) is 10.7. The lowest BCUT2D eigenvalue weighted by molar-refractivity contribution is 0.0903. The predicted octanol–water partition coefficient (Wildman–Crippen LogP) is 5.54. The van der Waals surface area contributed by atoms with Crippen LogP contribution in [0, 0.1) is 5.92 Å². The molecule has 0 heterocycles. The quantitative estimate of drug-likeness (QED) is 0.224. The number of nitrogens with zero attached hydrogens (tertiary/aromatic N) is 1. The van der Waals surface area contributed by atoms with Gasteiger partial charge in [-0.2, -0.15) is 0 Å². The van der Waals surface area contributed by atoms with Gasteiger partial charge in [0.15, 0.2) is 0 Å². The molecular formula is C35H39N3O2. The Balaban J connectivity index is 1.53. The highest BCUT2D eigenvalue weighted by molar-refractivity contribution is 5.95. The van der Waals surface area contributed by atoms with Crippen LogP contribution in [0.5, 0.6) is 0 Å². The van der Waals surface area contributed by atoms with Gasteiger partial charge in [0.1, 0.15) is 0 Å². The molecule has 0 fully saturated rings. The van der Waals surface area contributed by atoms with Crippen molar-refractivity contribution in [2.24, 2.45) is 11.7 Å². The maximum Gasteiger partial charge on any atom is 0.251 e. The average molecular weight is 534 g/mol. The van der Waals surface area contributed by atoms with E-state index in [2.05, 4.69) is 55.2 Å². The summed E-state index contributed by atoms with van der Waals surface area (Å²) in [5.74, 6) is -0.347. The molecule has 5 nitrogen and oxygen atoms in total. The van der Waals surface area contributed by atoms with Crippen LogP contribution in [0.25, 0.3) is 16.8 Å². The van der Waals surface area contributed by atoms with Crippen molar-refractivity contribution in [1.82, 2.24) is 10.2 Å². The summed E-state index contributed by atoms with van der Waals surface area (Å²) < 4.78 is 0. The highest BCUT2D eigenvalue weighted by Crippen LogP contribution is 2.23. The van der Waals surface area contributed by atoms with E-state index in [4.69, 9.17) is 5.73 Å². The molecule has 2 unspecified atom stereocenters. The number of aliphatic hydroxyl groups is 1. The van der Waals surface area contributed by atoms with Crippen LogP contribution in [0.4, 0.5) is 0 Å². The second-order valence-electron chi connectivity index (χ2n) is 10.7. The van der Waals surface area contributed by atoms with Crippen molar-refractivity contribution in [3.63, 3.8) is 0 Å². The van der Waals surface area contributed by atoms with Gasteiger partial charge in [-0.05, 0) is 84.6 Å². The molecular weight excluding hydrogens is 494 g/mol. The van der Waals surface area contributed by atoms with E-state index in [1.807, 2.05) is 78.9 Å². The molecule has 0 aliphatic heterocycles. The van der Waals surface area contributed by atoms with Gasteiger partial charge in [-0.15, -0.1) is 0 Å². The molecule has 4 aromatic carbocycles. The fourth-order valence-electron chi connectivity index (χ4n) is 5.02. The molecule has 0 spiro atoms. The third kappa shape index (κ3) is 7.92. The molecule has 40 heavy (non-hydrogen) atoms. The van der Waals surface area contributed by atoms with E-state index in [-0.39, 0.29) is 24.5 Å². The molecule has 0 radical (unpaired) electrons. The molecule has 4 aromatic rings. The Morgan fingerprint density at radius 1 is 0.800 bits per heavy atom. The third-order valence-electron chi connectivity index (χ3n) is 7.12.